The second kappa shape index (κ2) is 8.01. The Morgan fingerprint density at radius 2 is 1.58 bits per heavy atom. The van der Waals surface area contributed by atoms with Gasteiger partial charge in [0, 0.05) is 5.69 Å². The average molecular weight is 329 g/mol. The maximum atomic E-state index is 12.2. The predicted molar refractivity (Wildman–Crippen MR) is 89.5 cm³/mol. The molecule has 2 rings (SSSR count). The van der Waals surface area contributed by atoms with E-state index in [9.17, 15) is 9.59 Å². The summed E-state index contributed by atoms with van der Waals surface area (Å²) in [5.41, 5.74) is 0.969. The van der Waals surface area contributed by atoms with Crippen molar-refractivity contribution in [3.63, 3.8) is 0 Å². The van der Waals surface area contributed by atoms with Crippen LogP contribution in [0, 0.1) is 0 Å². The maximum Gasteiger partial charge on any atom is 0.337 e. The lowest BCUT2D eigenvalue weighted by Crippen LogP contribution is -2.30. The normalized spacial score (nSPS) is 11.3. The quantitative estimate of drug-likeness (QED) is 0.825. The Bertz CT molecular complexity index is 712. The molecule has 24 heavy (non-hydrogen) atoms. The SMILES string of the molecule is COC(=O)c1ccc(NC(=O)[C@H](C)Oc2ccccc2OC)cc1. The Kier molecular flexibility index (Phi) is 5.78. The highest BCUT2D eigenvalue weighted by atomic mass is 16.5. The molecule has 6 heteroatoms. The van der Waals surface area contributed by atoms with Crippen LogP contribution in [-0.4, -0.2) is 32.2 Å². The molecule has 0 spiro atoms. The van der Waals surface area contributed by atoms with Crippen molar-refractivity contribution >= 4 is 17.6 Å². The van der Waals surface area contributed by atoms with Gasteiger partial charge in [0.1, 0.15) is 0 Å². The molecule has 0 saturated carbocycles. The second-order valence-corrected chi connectivity index (χ2v) is 4.97. The van der Waals surface area contributed by atoms with Crippen LogP contribution in [0.1, 0.15) is 17.3 Å². The minimum absolute atomic E-state index is 0.313. The molecule has 126 valence electrons. The first-order valence-corrected chi connectivity index (χ1v) is 7.34. The summed E-state index contributed by atoms with van der Waals surface area (Å²) in [6.45, 7) is 1.64. The summed E-state index contributed by atoms with van der Waals surface area (Å²) in [7, 11) is 2.85. The standard InChI is InChI=1S/C18H19NO5/c1-12(24-16-7-5-4-6-15(16)22-2)17(20)19-14-10-8-13(9-11-14)18(21)23-3/h4-12H,1-3H3,(H,19,20)/t12-/m0/s1. The minimum atomic E-state index is -0.721. The van der Waals surface area contributed by atoms with Crippen LogP contribution in [0.2, 0.25) is 0 Å². The summed E-state index contributed by atoms with van der Waals surface area (Å²) in [4.78, 5) is 23.6. The molecule has 0 radical (unpaired) electrons. The van der Waals surface area contributed by atoms with Crippen molar-refractivity contribution in [2.45, 2.75) is 13.0 Å². The van der Waals surface area contributed by atoms with E-state index in [2.05, 4.69) is 10.1 Å². The number of hydrogen-bond acceptors (Lipinski definition) is 5. The first-order valence-electron chi connectivity index (χ1n) is 7.34. The number of para-hydroxylation sites is 2. The largest absolute Gasteiger partial charge is 0.493 e. The molecule has 1 atom stereocenters. The first kappa shape index (κ1) is 17.3. The van der Waals surface area contributed by atoms with E-state index in [1.165, 1.54) is 14.2 Å². The van der Waals surface area contributed by atoms with Gasteiger partial charge in [0.2, 0.25) is 0 Å². The topological polar surface area (TPSA) is 73.9 Å². The van der Waals surface area contributed by atoms with Crippen molar-refractivity contribution < 1.29 is 23.8 Å². The van der Waals surface area contributed by atoms with Gasteiger partial charge in [0.25, 0.3) is 5.91 Å². The highest BCUT2D eigenvalue weighted by Gasteiger charge is 2.17. The lowest BCUT2D eigenvalue weighted by molar-refractivity contribution is -0.122. The zero-order valence-electron chi connectivity index (χ0n) is 13.7. The van der Waals surface area contributed by atoms with Crippen molar-refractivity contribution in [1.82, 2.24) is 0 Å². The van der Waals surface area contributed by atoms with Gasteiger partial charge in [0.15, 0.2) is 17.6 Å². The van der Waals surface area contributed by atoms with Crippen LogP contribution in [-0.2, 0) is 9.53 Å². The fourth-order valence-electron chi connectivity index (χ4n) is 2.01. The molecular weight excluding hydrogens is 310 g/mol. The number of hydrogen-bond donors (Lipinski definition) is 1. The van der Waals surface area contributed by atoms with Crippen molar-refractivity contribution in [2.24, 2.45) is 0 Å². The summed E-state index contributed by atoms with van der Waals surface area (Å²) in [5.74, 6) is 0.302. The lowest BCUT2D eigenvalue weighted by atomic mass is 10.2. The van der Waals surface area contributed by atoms with Crippen LogP contribution in [0.25, 0.3) is 0 Å². The molecule has 0 fully saturated rings. The number of carbonyl (C=O) groups excluding carboxylic acids is 2. The van der Waals surface area contributed by atoms with Gasteiger partial charge in [-0.15, -0.1) is 0 Å². The number of esters is 1. The smallest absolute Gasteiger partial charge is 0.337 e. The molecule has 2 aromatic carbocycles. The fraction of sp³-hybridized carbons (Fsp3) is 0.222. The molecule has 0 aliphatic carbocycles. The van der Waals surface area contributed by atoms with Crippen molar-refractivity contribution in [2.75, 3.05) is 19.5 Å². The van der Waals surface area contributed by atoms with E-state index in [1.807, 2.05) is 6.07 Å². The van der Waals surface area contributed by atoms with Crippen LogP contribution in [0.4, 0.5) is 5.69 Å². The number of anilines is 1. The third-order valence-corrected chi connectivity index (χ3v) is 3.32. The summed E-state index contributed by atoms with van der Waals surface area (Å²) in [6.07, 6.45) is -0.721. The van der Waals surface area contributed by atoms with E-state index < -0.39 is 12.1 Å². The zero-order valence-corrected chi connectivity index (χ0v) is 13.7. The van der Waals surface area contributed by atoms with E-state index in [1.54, 1.807) is 49.4 Å². The van der Waals surface area contributed by atoms with E-state index >= 15 is 0 Å². The summed E-state index contributed by atoms with van der Waals surface area (Å²) in [6, 6.07) is 13.5. The Balaban J connectivity index is 2.00. The zero-order chi connectivity index (χ0) is 17.5. The number of carbonyl (C=O) groups is 2. The molecule has 0 heterocycles. The summed E-state index contributed by atoms with van der Waals surface area (Å²) < 4.78 is 15.5. The van der Waals surface area contributed by atoms with E-state index in [4.69, 9.17) is 9.47 Å². The van der Waals surface area contributed by atoms with Gasteiger partial charge in [-0.1, -0.05) is 12.1 Å². The molecule has 0 unspecified atom stereocenters. The van der Waals surface area contributed by atoms with Crippen LogP contribution < -0.4 is 14.8 Å². The second-order valence-electron chi connectivity index (χ2n) is 4.97. The Morgan fingerprint density at radius 3 is 2.17 bits per heavy atom. The molecule has 0 aromatic heterocycles. The van der Waals surface area contributed by atoms with Gasteiger partial charge in [-0.3, -0.25) is 4.79 Å². The number of methoxy groups -OCH3 is 2. The Labute approximate surface area is 140 Å². The Hall–Kier alpha value is -3.02. The molecule has 1 amide bonds. The molecule has 0 saturated heterocycles. The molecule has 2 aromatic rings. The molecule has 0 aliphatic rings. The van der Waals surface area contributed by atoms with Crippen LogP contribution in [0.5, 0.6) is 11.5 Å². The number of amides is 1. The molecule has 0 aliphatic heterocycles. The van der Waals surface area contributed by atoms with Crippen LogP contribution in [0.3, 0.4) is 0 Å². The lowest BCUT2D eigenvalue weighted by Gasteiger charge is -2.16. The van der Waals surface area contributed by atoms with Crippen molar-refractivity contribution in [3.05, 3.63) is 54.1 Å². The van der Waals surface area contributed by atoms with Crippen molar-refractivity contribution in [3.8, 4) is 11.5 Å². The molecule has 1 N–H and O–H groups in total. The van der Waals surface area contributed by atoms with E-state index in [0.717, 1.165) is 0 Å². The van der Waals surface area contributed by atoms with Gasteiger partial charge in [0.05, 0.1) is 19.8 Å². The van der Waals surface area contributed by atoms with Crippen LogP contribution >= 0.6 is 0 Å². The number of ether oxygens (including phenoxy) is 3. The van der Waals surface area contributed by atoms with Gasteiger partial charge in [-0.05, 0) is 43.3 Å². The number of rotatable bonds is 6. The predicted octanol–water partition coefficient (Wildman–Crippen LogP) is 2.89. The van der Waals surface area contributed by atoms with Crippen molar-refractivity contribution in [1.29, 1.82) is 0 Å². The highest BCUT2D eigenvalue weighted by Crippen LogP contribution is 2.27. The minimum Gasteiger partial charge on any atom is -0.493 e. The van der Waals surface area contributed by atoms with E-state index in [0.29, 0.717) is 22.7 Å². The van der Waals surface area contributed by atoms with Gasteiger partial charge in [-0.2, -0.15) is 0 Å². The monoisotopic (exact) mass is 329 g/mol. The number of benzene rings is 2. The highest BCUT2D eigenvalue weighted by molar-refractivity contribution is 5.95. The fourth-order valence-corrected chi connectivity index (χ4v) is 2.01. The third-order valence-electron chi connectivity index (χ3n) is 3.32. The van der Waals surface area contributed by atoms with Gasteiger partial charge >= 0.3 is 5.97 Å². The summed E-state index contributed by atoms with van der Waals surface area (Å²) in [5, 5.41) is 2.73. The maximum absolute atomic E-state index is 12.2. The Morgan fingerprint density at radius 1 is 0.958 bits per heavy atom. The summed E-state index contributed by atoms with van der Waals surface area (Å²) >= 11 is 0. The molecular formula is C18H19NO5. The number of nitrogens with one attached hydrogen (secondary N) is 1. The average Bonchev–Trinajstić information content (AvgIpc) is 2.62. The third kappa shape index (κ3) is 4.25. The van der Waals surface area contributed by atoms with Gasteiger partial charge in [-0.25, -0.2) is 4.79 Å². The van der Waals surface area contributed by atoms with Gasteiger partial charge < -0.3 is 19.5 Å². The molecule has 0 bridgehead atoms. The van der Waals surface area contributed by atoms with Crippen LogP contribution in [0.15, 0.2) is 48.5 Å². The van der Waals surface area contributed by atoms with E-state index in [-0.39, 0.29) is 5.91 Å². The first-order chi connectivity index (χ1) is 11.5. The molecule has 6 nitrogen and oxygen atoms in total.